The van der Waals surface area contributed by atoms with Crippen molar-refractivity contribution in [3.05, 3.63) is 75.3 Å². The number of hydrogen-bond acceptors (Lipinski definition) is 5. The molecule has 0 radical (unpaired) electrons. The Kier molecular flexibility index (Phi) is 5.96. The van der Waals surface area contributed by atoms with E-state index in [4.69, 9.17) is 5.73 Å². The summed E-state index contributed by atoms with van der Waals surface area (Å²) in [5.41, 5.74) is 5.61. The van der Waals surface area contributed by atoms with Crippen LogP contribution in [0.3, 0.4) is 0 Å². The van der Waals surface area contributed by atoms with Crippen LogP contribution < -0.4 is 5.73 Å². The molecule has 0 unspecified atom stereocenters. The summed E-state index contributed by atoms with van der Waals surface area (Å²) < 4.78 is 26.8. The van der Waals surface area contributed by atoms with Crippen molar-refractivity contribution in [1.82, 2.24) is 0 Å². The first-order valence-corrected chi connectivity index (χ1v) is 7.62. The second-order valence-electron chi connectivity index (χ2n) is 4.54. The van der Waals surface area contributed by atoms with Gasteiger partial charge in [0.1, 0.15) is 5.82 Å². The minimum atomic E-state index is -1.25. The number of thioether (sulfide) groups is 1. The molecule has 0 aliphatic heterocycles. The molecule has 0 spiro atoms. The Bertz CT molecular complexity index is 798. The van der Waals surface area contributed by atoms with Crippen LogP contribution in [0.4, 0.5) is 14.5 Å². The van der Waals surface area contributed by atoms with Crippen molar-refractivity contribution in [3.63, 3.8) is 0 Å². The Hall–Kier alpha value is -2.81. The second kappa shape index (κ2) is 8.16. The van der Waals surface area contributed by atoms with Gasteiger partial charge in [-0.25, -0.2) is 4.39 Å². The lowest BCUT2D eigenvalue weighted by Gasteiger charge is -2.00. The summed E-state index contributed by atoms with van der Waals surface area (Å²) in [5, 5.41) is 18.0. The topological polar surface area (TPSA) is 93.9 Å². The van der Waals surface area contributed by atoms with E-state index in [2.05, 4.69) is 10.2 Å². The maximum absolute atomic E-state index is 13.5. The van der Waals surface area contributed by atoms with Crippen LogP contribution in [0.5, 0.6) is 0 Å². The molecule has 24 heavy (non-hydrogen) atoms. The van der Waals surface area contributed by atoms with Crippen molar-refractivity contribution in [1.29, 1.82) is 0 Å². The maximum Gasteiger partial charge on any atom is 0.305 e. The first kappa shape index (κ1) is 17.5. The molecule has 2 rings (SSSR count). The van der Waals surface area contributed by atoms with Crippen LogP contribution in [-0.4, -0.2) is 16.3 Å². The van der Waals surface area contributed by atoms with E-state index in [9.17, 15) is 18.9 Å². The average Bonchev–Trinajstić information content (AvgIpc) is 2.55. The lowest BCUT2D eigenvalue weighted by Crippen LogP contribution is -2.06. The monoisotopic (exact) mass is 350 g/mol. The molecule has 0 aliphatic rings. The molecule has 0 aliphatic carbocycles. The SMILES string of the molecule is NC(=NN=Cc1cc([N+](=O)[O-])c(F)cc1F)SCc1ccccc1. The Morgan fingerprint density at radius 2 is 1.96 bits per heavy atom. The normalized spacial score (nSPS) is 11.8. The van der Waals surface area contributed by atoms with Gasteiger partial charge < -0.3 is 5.73 Å². The van der Waals surface area contributed by atoms with Gasteiger partial charge in [0.15, 0.2) is 5.17 Å². The minimum Gasteiger partial charge on any atom is -0.377 e. The second-order valence-corrected chi connectivity index (χ2v) is 5.53. The summed E-state index contributed by atoms with van der Waals surface area (Å²) in [5.74, 6) is -1.65. The molecular weight excluding hydrogens is 338 g/mol. The van der Waals surface area contributed by atoms with E-state index >= 15 is 0 Å². The fourth-order valence-electron chi connectivity index (χ4n) is 1.70. The first-order chi connectivity index (χ1) is 11.5. The highest BCUT2D eigenvalue weighted by Gasteiger charge is 2.17. The number of nitro benzene ring substituents is 1. The summed E-state index contributed by atoms with van der Waals surface area (Å²) in [6, 6.07) is 10.7. The van der Waals surface area contributed by atoms with E-state index in [0.29, 0.717) is 11.8 Å². The molecule has 0 saturated heterocycles. The summed E-state index contributed by atoms with van der Waals surface area (Å²) in [7, 11) is 0. The molecule has 6 nitrogen and oxygen atoms in total. The molecule has 0 fully saturated rings. The van der Waals surface area contributed by atoms with Gasteiger partial charge in [-0.3, -0.25) is 10.1 Å². The van der Waals surface area contributed by atoms with Crippen LogP contribution in [0.2, 0.25) is 0 Å². The summed E-state index contributed by atoms with van der Waals surface area (Å²) in [6.45, 7) is 0. The van der Waals surface area contributed by atoms with Gasteiger partial charge in [0.05, 0.1) is 11.1 Å². The summed E-state index contributed by atoms with van der Waals surface area (Å²) in [4.78, 5) is 9.69. The first-order valence-electron chi connectivity index (χ1n) is 6.64. The van der Waals surface area contributed by atoms with Gasteiger partial charge in [-0.1, -0.05) is 42.1 Å². The van der Waals surface area contributed by atoms with Crippen LogP contribution in [-0.2, 0) is 5.75 Å². The third kappa shape index (κ3) is 4.85. The highest BCUT2D eigenvalue weighted by atomic mass is 32.2. The van der Waals surface area contributed by atoms with Crippen molar-refractivity contribution in [2.45, 2.75) is 5.75 Å². The van der Waals surface area contributed by atoms with Gasteiger partial charge in [-0.15, -0.1) is 5.10 Å². The highest BCUT2D eigenvalue weighted by molar-refractivity contribution is 8.13. The average molecular weight is 350 g/mol. The molecule has 0 atom stereocenters. The van der Waals surface area contributed by atoms with E-state index in [0.717, 1.165) is 17.8 Å². The number of nitrogens with two attached hydrogens (primary N) is 1. The molecule has 0 bridgehead atoms. The number of amidine groups is 1. The smallest absolute Gasteiger partial charge is 0.305 e. The predicted octanol–water partition coefficient (Wildman–Crippen LogP) is 3.46. The molecule has 9 heteroatoms. The molecule has 124 valence electrons. The van der Waals surface area contributed by atoms with Crippen LogP contribution in [0, 0.1) is 21.7 Å². The van der Waals surface area contributed by atoms with Gasteiger partial charge >= 0.3 is 5.69 Å². The maximum atomic E-state index is 13.5. The zero-order valence-corrected chi connectivity index (χ0v) is 13.0. The largest absolute Gasteiger partial charge is 0.377 e. The number of benzene rings is 2. The van der Waals surface area contributed by atoms with E-state index < -0.39 is 22.2 Å². The summed E-state index contributed by atoms with van der Waals surface area (Å²) >= 11 is 1.23. The Morgan fingerprint density at radius 3 is 2.62 bits per heavy atom. The lowest BCUT2D eigenvalue weighted by atomic mass is 10.2. The Balaban J connectivity index is 2.04. The Morgan fingerprint density at radius 1 is 1.25 bits per heavy atom. The van der Waals surface area contributed by atoms with Crippen molar-refractivity contribution in [3.8, 4) is 0 Å². The third-order valence-electron chi connectivity index (χ3n) is 2.85. The summed E-state index contributed by atoms with van der Waals surface area (Å²) in [6.07, 6.45) is 0.942. The molecular formula is C15H12F2N4O2S. The van der Waals surface area contributed by atoms with Gasteiger partial charge in [-0.05, 0) is 5.56 Å². The highest BCUT2D eigenvalue weighted by Crippen LogP contribution is 2.20. The lowest BCUT2D eigenvalue weighted by molar-refractivity contribution is -0.387. The molecule has 2 aromatic rings. The molecule has 0 heterocycles. The van der Waals surface area contributed by atoms with Crippen molar-refractivity contribution >= 4 is 28.8 Å². The van der Waals surface area contributed by atoms with E-state index in [1.807, 2.05) is 30.3 Å². The number of nitro groups is 1. The molecule has 0 saturated carbocycles. The van der Waals surface area contributed by atoms with E-state index in [-0.39, 0.29) is 10.7 Å². The van der Waals surface area contributed by atoms with Crippen LogP contribution in [0.25, 0.3) is 0 Å². The third-order valence-corrected chi connectivity index (χ3v) is 3.70. The van der Waals surface area contributed by atoms with Crippen molar-refractivity contribution in [2.24, 2.45) is 15.9 Å². The minimum absolute atomic E-state index is 0.145. The number of hydrogen-bond donors (Lipinski definition) is 1. The van der Waals surface area contributed by atoms with E-state index in [1.54, 1.807) is 0 Å². The van der Waals surface area contributed by atoms with Crippen molar-refractivity contribution < 1.29 is 13.7 Å². The van der Waals surface area contributed by atoms with Gasteiger partial charge in [0.25, 0.3) is 0 Å². The zero-order valence-electron chi connectivity index (χ0n) is 12.2. The Labute approximate surface area is 140 Å². The molecule has 0 aromatic heterocycles. The standard InChI is InChI=1S/C15H12F2N4O2S/c16-12-7-13(17)14(21(22)23)6-11(12)8-19-20-15(18)24-9-10-4-2-1-3-5-10/h1-8H,9H2,(H2,18,20). The van der Waals surface area contributed by atoms with Crippen LogP contribution in [0.15, 0.2) is 52.7 Å². The van der Waals surface area contributed by atoms with Crippen LogP contribution >= 0.6 is 11.8 Å². The molecule has 2 N–H and O–H groups in total. The number of nitrogens with zero attached hydrogens (tertiary/aromatic N) is 3. The van der Waals surface area contributed by atoms with Gasteiger partial charge in [-0.2, -0.15) is 9.49 Å². The molecule has 0 amide bonds. The fourth-order valence-corrected chi connectivity index (χ4v) is 2.31. The zero-order chi connectivity index (χ0) is 17.5. The van der Waals surface area contributed by atoms with Gasteiger partial charge in [0.2, 0.25) is 5.82 Å². The van der Waals surface area contributed by atoms with Crippen molar-refractivity contribution in [2.75, 3.05) is 0 Å². The van der Waals surface area contributed by atoms with Crippen LogP contribution in [0.1, 0.15) is 11.1 Å². The fraction of sp³-hybridized carbons (Fsp3) is 0.0667. The van der Waals surface area contributed by atoms with E-state index in [1.165, 1.54) is 11.8 Å². The number of halogens is 2. The molecule has 2 aromatic carbocycles. The quantitative estimate of drug-likeness (QED) is 0.387. The number of rotatable bonds is 5. The van der Waals surface area contributed by atoms with Gasteiger partial charge in [0, 0.05) is 23.4 Å². The predicted molar refractivity (Wildman–Crippen MR) is 90.0 cm³/mol.